The Morgan fingerprint density at radius 2 is 2.12 bits per heavy atom. The normalized spacial score (nSPS) is 29.0. The maximum absolute atomic E-state index is 9.36. The molecule has 1 atom stereocenters. The van der Waals surface area contributed by atoms with E-state index in [1.54, 1.807) is 0 Å². The fourth-order valence-corrected chi connectivity index (χ4v) is 2.17. The number of nitrogens with one attached hydrogen (secondary N) is 1. The van der Waals surface area contributed by atoms with Gasteiger partial charge in [0, 0.05) is 25.9 Å². The van der Waals surface area contributed by atoms with Crippen LogP contribution in [0.25, 0.3) is 0 Å². The number of hydrogen-bond acceptors (Lipinski definition) is 4. The molecule has 0 spiro atoms. The zero-order valence-corrected chi connectivity index (χ0v) is 10.8. The molecular weight excluding hydrogens is 202 g/mol. The van der Waals surface area contributed by atoms with Gasteiger partial charge in [-0.05, 0) is 27.9 Å². The third-order valence-corrected chi connectivity index (χ3v) is 2.99. The van der Waals surface area contributed by atoms with Crippen LogP contribution in [0, 0.1) is 11.3 Å². The fourth-order valence-electron chi connectivity index (χ4n) is 2.17. The maximum Gasteiger partial charge on any atom is 0.111 e. The van der Waals surface area contributed by atoms with E-state index in [-0.39, 0.29) is 5.60 Å². The van der Waals surface area contributed by atoms with E-state index < -0.39 is 5.54 Å². The van der Waals surface area contributed by atoms with Crippen LogP contribution < -0.4 is 5.32 Å². The average Bonchev–Trinajstić information content (AvgIpc) is 2.15. The van der Waals surface area contributed by atoms with E-state index in [4.69, 9.17) is 4.74 Å². The lowest BCUT2D eigenvalue weighted by atomic mass is 9.82. The molecule has 0 amide bonds. The molecule has 1 unspecified atom stereocenters. The van der Waals surface area contributed by atoms with Gasteiger partial charge >= 0.3 is 0 Å². The highest BCUT2D eigenvalue weighted by Crippen LogP contribution is 2.31. The van der Waals surface area contributed by atoms with Gasteiger partial charge in [0.25, 0.3) is 0 Å². The summed E-state index contributed by atoms with van der Waals surface area (Å²) in [6.07, 6.45) is 1.53. The minimum absolute atomic E-state index is 0.195. The van der Waals surface area contributed by atoms with Crippen LogP contribution in [0.2, 0.25) is 0 Å². The molecule has 1 saturated heterocycles. The number of ether oxygens (including phenoxy) is 1. The molecule has 1 rings (SSSR count). The Morgan fingerprint density at radius 3 is 2.62 bits per heavy atom. The Balaban J connectivity index is 2.54. The maximum atomic E-state index is 9.36. The number of nitrogens with zero attached hydrogens (tertiary/aromatic N) is 2. The summed E-state index contributed by atoms with van der Waals surface area (Å²) >= 11 is 0. The fraction of sp³-hybridized carbons (Fsp3) is 0.917. The molecule has 0 aliphatic carbocycles. The lowest BCUT2D eigenvalue weighted by Crippen LogP contribution is -2.55. The number of likely N-dealkylation sites (N-methyl/N-ethyl adjacent to an activating group) is 1. The van der Waals surface area contributed by atoms with Gasteiger partial charge in [-0.3, -0.25) is 5.32 Å². The van der Waals surface area contributed by atoms with Gasteiger partial charge < -0.3 is 9.64 Å². The van der Waals surface area contributed by atoms with Crippen molar-refractivity contribution in [2.24, 2.45) is 0 Å². The second-order valence-corrected chi connectivity index (χ2v) is 5.46. The van der Waals surface area contributed by atoms with Crippen molar-refractivity contribution in [2.45, 2.75) is 37.8 Å². The minimum Gasteiger partial charge on any atom is -0.375 e. The van der Waals surface area contributed by atoms with Crippen molar-refractivity contribution in [1.82, 2.24) is 10.2 Å². The van der Waals surface area contributed by atoms with Crippen LogP contribution >= 0.6 is 0 Å². The van der Waals surface area contributed by atoms with Crippen molar-refractivity contribution < 1.29 is 4.74 Å². The topological polar surface area (TPSA) is 48.3 Å². The molecule has 1 aliphatic rings. The zero-order chi connectivity index (χ0) is 12.2. The Labute approximate surface area is 98.6 Å². The van der Waals surface area contributed by atoms with Crippen molar-refractivity contribution in [1.29, 1.82) is 5.26 Å². The van der Waals surface area contributed by atoms with Gasteiger partial charge in [0.15, 0.2) is 0 Å². The first kappa shape index (κ1) is 13.4. The summed E-state index contributed by atoms with van der Waals surface area (Å²) in [6, 6.07) is 2.44. The molecule has 1 heterocycles. The van der Waals surface area contributed by atoms with Gasteiger partial charge in [0.05, 0.1) is 18.3 Å². The second kappa shape index (κ2) is 5.13. The van der Waals surface area contributed by atoms with Crippen molar-refractivity contribution in [3.05, 3.63) is 0 Å². The third-order valence-electron chi connectivity index (χ3n) is 2.99. The quantitative estimate of drug-likeness (QED) is 0.775. The Bertz CT molecular complexity index is 270. The summed E-state index contributed by atoms with van der Waals surface area (Å²) in [6.45, 7) is 6.55. The molecule has 0 aromatic rings. The molecule has 0 saturated carbocycles. The van der Waals surface area contributed by atoms with Crippen molar-refractivity contribution in [3.8, 4) is 6.07 Å². The number of hydrogen-bond donors (Lipinski definition) is 1. The first-order chi connectivity index (χ1) is 7.39. The number of rotatable bonds is 4. The highest BCUT2D eigenvalue weighted by molar-refractivity contribution is 5.11. The first-order valence-corrected chi connectivity index (χ1v) is 5.84. The molecule has 0 bridgehead atoms. The Kier molecular flexibility index (Phi) is 4.31. The molecule has 0 aromatic carbocycles. The lowest BCUT2D eigenvalue weighted by molar-refractivity contribution is -0.0760. The highest BCUT2D eigenvalue weighted by Gasteiger charge is 2.40. The monoisotopic (exact) mass is 225 g/mol. The smallest absolute Gasteiger partial charge is 0.111 e. The Hall–Kier alpha value is -0.630. The molecule has 1 N–H and O–H groups in total. The average molecular weight is 225 g/mol. The van der Waals surface area contributed by atoms with E-state index in [9.17, 15) is 5.26 Å². The zero-order valence-electron chi connectivity index (χ0n) is 10.8. The van der Waals surface area contributed by atoms with Crippen molar-refractivity contribution >= 4 is 0 Å². The molecular formula is C12H23N3O. The summed E-state index contributed by atoms with van der Waals surface area (Å²) in [7, 11) is 4.07. The van der Waals surface area contributed by atoms with Crippen LogP contribution in [0.15, 0.2) is 0 Å². The lowest BCUT2D eigenvalue weighted by Gasteiger charge is -2.41. The summed E-state index contributed by atoms with van der Waals surface area (Å²) in [5.41, 5.74) is -0.600. The van der Waals surface area contributed by atoms with Crippen LogP contribution in [0.1, 0.15) is 26.7 Å². The summed E-state index contributed by atoms with van der Waals surface area (Å²) < 4.78 is 5.65. The van der Waals surface area contributed by atoms with Crippen molar-refractivity contribution in [3.63, 3.8) is 0 Å². The predicted molar refractivity (Wildman–Crippen MR) is 64.2 cm³/mol. The van der Waals surface area contributed by atoms with Crippen LogP contribution in [-0.2, 0) is 4.74 Å². The molecule has 4 heteroatoms. The van der Waals surface area contributed by atoms with Crippen LogP contribution in [0.5, 0.6) is 0 Å². The Morgan fingerprint density at radius 1 is 1.44 bits per heavy atom. The standard InChI is InChI=1S/C12H23N3O/c1-11(2)9-12(10-13,5-8-16-11)14-6-7-15(3)4/h14H,5-9H2,1-4H3. The molecule has 1 aliphatic heterocycles. The molecule has 0 aromatic heterocycles. The van der Waals surface area contributed by atoms with Crippen LogP contribution in [0.3, 0.4) is 0 Å². The molecule has 0 radical (unpaired) electrons. The van der Waals surface area contributed by atoms with E-state index >= 15 is 0 Å². The van der Waals surface area contributed by atoms with Crippen molar-refractivity contribution in [2.75, 3.05) is 33.8 Å². The largest absolute Gasteiger partial charge is 0.375 e. The van der Waals surface area contributed by atoms with E-state index in [1.807, 2.05) is 27.9 Å². The summed E-state index contributed by atoms with van der Waals surface area (Å²) in [5.74, 6) is 0. The minimum atomic E-state index is -0.405. The first-order valence-electron chi connectivity index (χ1n) is 5.84. The van der Waals surface area contributed by atoms with E-state index in [0.717, 1.165) is 25.9 Å². The molecule has 4 nitrogen and oxygen atoms in total. The highest BCUT2D eigenvalue weighted by atomic mass is 16.5. The molecule has 92 valence electrons. The van der Waals surface area contributed by atoms with Crippen LogP contribution in [-0.4, -0.2) is 49.8 Å². The second-order valence-electron chi connectivity index (χ2n) is 5.46. The van der Waals surface area contributed by atoms with E-state index in [2.05, 4.69) is 16.3 Å². The SMILES string of the molecule is CN(C)CCNC1(C#N)CCOC(C)(C)C1. The van der Waals surface area contributed by atoms with Crippen LogP contribution in [0.4, 0.5) is 0 Å². The van der Waals surface area contributed by atoms with Gasteiger partial charge in [-0.25, -0.2) is 0 Å². The predicted octanol–water partition coefficient (Wildman–Crippen LogP) is 0.989. The molecule has 1 fully saturated rings. The van der Waals surface area contributed by atoms with E-state index in [0.29, 0.717) is 6.61 Å². The van der Waals surface area contributed by atoms with Gasteiger partial charge in [0.2, 0.25) is 0 Å². The third kappa shape index (κ3) is 3.75. The summed E-state index contributed by atoms with van der Waals surface area (Å²) in [4.78, 5) is 2.11. The van der Waals surface area contributed by atoms with Gasteiger partial charge in [0.1, 0.15) is 5.54 Å². The van der Waals surface area contributed by atoms with E-state index in [1.165, 1.54) is 0 Å². The summed E-state index contributed by atoms with van der Waals surface area (Å²) in [5, 5.41) is 12.7. The molecule has 16 heavy (non-hydrogen) atoms. The number of nitriles is 1. The van der Waals surface area contributed by atoms with Gasteiger partial charge in [-0.2, -0.15) is 5.26 Å². The van der Waals surface area contributed by atoms with Gasteiger partial charge in [-0.1, -0.05) is 0 Å². The van der Waals surface area contributed by atoms with Gasteiger partial charge in [-0.15, -0.1) is 0 Å².